The quantitative estimate of drug-likeness (QED) is 0.539. The molecule has 2 nitrogen and oxygen atoms in total. The fourth-order valence-corrected chi connectivity index (χ4v) is 4.10. The first-order valence-corrected chi connectivity index (χ1v) is 6.02. The molecule has 1 heterocycles. The molecule has 3 rings (SSSR count). The molecule has 0 unspecified atom stereocenters. The highest BCUT2D eigenvalue weighted by Crippen LogP contribution is 2.68. The molecular formula is C13H20N2. The van der Waals surface area contributed by atoms with E-state index in [9.17, 15) is 0 Å². The summed E-state index contributed by atoms with van der Waals surface area (Å²) in [6.45, 7) is 9.33. The second kappa shape index (κ2) is 2.36. The molecule has 0 saturated heterocycles. The molecular weight excluding hydrogens is 184 g/mol. The van der Waals surface area contributed by atoms with Gasteiger partial charge in [-0.25, -0.2) is 0 Å². The van der Waals surface area contributed by atoms with Crippen molar-refractivity contribution in [3.63, 3.8) is 0 Å². The number of allylic oxidation sites excluding steroid dienone is 2. The van der Waals surface area contributed by atoms with Crippen LogP contribution < -0.4 is 0 Å². The van der Waals surface area contributed by atoms with Gasteiger partial charge in [-0.3, -0.25) is 0 Å². The number of rotatable bonds is 0. The summed E-state index contributed by atoms with van der Waals surface area (Å²) in [5.41, 5.74) is 0.343. The molecule has 1 aliphatic heterocycles. The number of azo groups is 1. The van der Waals surface area contributed by atoms with Crippen molar-refractivity contribution in [3.8, 4) is 0 Å². The Morgan fingerprint density at radius 3 is 1.67 bits per heavy atom. The lowest BCUT2D eigenvalue weighted by Gasteiger charge is -2.36. The second-order valence-electron chi connectivity index (χ2n) is 6.28. The van der Waals surface area contributed by atoms with E-state index in [1.165, 1.54) is 12.8 Å². The minimum absolute atomic E-state index is 0.0666. The van der Waals surface area contributed by atoms with Gasteiger partial charge in [0, 0.05) is 5.41 Å². The Kier molecular flexibility index (Phi) is 1.50. The van der Waals surface area contributed by atoms with Crippen LogP contribution in [0.2, 0.25) is 0 Å². The van der Waals surface area contributed by atoms with E-state index < -0.39 is 0 Å². The maximum absolute atomic E-state index is 4.64. The van der Waals surface area contributed by atoms with Gasteiger partial charge in [0.1, 0.15) is 0 Å². The molecule has 0 N–H and O–H groups in total. The molecule has 0 radical (unpaired) electrons. The van der Waals surface area contributed by atoms with Crippen LogP contribution in [0.5, 0.6) is 0 Å². The Morgan fingerprint density at radius 1 is 0.867 bits per heavy atom. The molecule has 2 bridgehead atoms. The van der Waals surface area contributed by atoms with Gasteiger partial charge in [0.25, 0.3) is 0 Å². The van der Waals surface area contributed by atoms with E-state index in [0.717, 1.165) is 0 Å². The Morgan fingerprint density at radius 2 is 1.27 bits per heavy atom. The average molecular weight is 204 g/mol. The topological polar surface area (TPSA) is 24.7 Å². The van der Waals surface area contributed by atoms with Gasteiger partial charge in [0.15, 0.2) is 0 Å². The summed E-state index contributed by atoms with van der Waals surface area (Å²) in [6.07, 6.45) is 7.06. The van der Waals surface area contributed by atoms with Gasteiger partial charge < -0.3 is 0 Å². The molecule has 3 aliphatic rings. The number of nitrogens with zero attached hydrogens (tertiary/aromatic N) is 2. The number of hydrogen-bond acceptors (Lipinski definition) is 2. The molecule has 0 spiro atoms. The van der Waals surface area contributed by atoms with Gasteiger partial charge in [-0.05, 0) is 38.5 Å². The minimum Gasteiger partial charge on any atom is -0.186 e. The summed E-state index contributed by atoms with van der Waals surface area (Å²) in [6, 6.07) is 0. The van der Waals surface area contributed by atoms with Crippen molar-refractivity contribution in [1.82, 2.24) is 0 Å². The fourth-order valence-electron chi connectivity index (χ4n) is 4.10. The van der Waals surface area contributed by atoms with Gasteiger partial charge in [-0.15, -0.1) is 0 Å². The van der Waals surface area contributed by atoms with E-state index in [-0.39, 0.29) is 16.5 Å². The lowest BCUT2D eigenvalue weighted by atomic mass is 9.68. The van der Waals surface area contributed by atoms with Gasteiger partial charge >= 0.3 is 0 Å². The fraction of sp³-hybridized carbons (Fsp3) is 0.846. The zero-order chi connectivity index (χ0) is 10.9. The van der Waals surface area contributed by atoms with Crippen molar-refractivity contribution < 1.29 is 0 Å². The molecule has 15 heavy (non-hydrogen) atoms. The Bertz CT molecular complexity index is 337. The van der Waals surface area contributed by atoms with E-state index in [0.29, 0.717) is 11.8 Å². The lowest BCUT2D eigenvalue weighted by molar-refractivity contribution is 0.176. The molecule has 2 aliphatic carbocycles. The molecule has 1 saturated carbocycles. The summed E-state index contributed by atoms with van der Waals surface area (Å²) in [5.74, 6) is 1.42. The minimum atomic E-state index is 0.0666. The van der Waals surface area contributed by atoms with Gasteiger partial charge in [-0.2, -0.15) is 10.2 Å². The molecule has 82 valence electrons. The third-order valence-corrected chi connectivity index (χ3v) is 5.87. The van der Waals surface area contributed by atoms with Gasteiger partial charge in [-0.1, -0.05) is 26.0 Å². The highest BCUT2D eigenvalue weighted by atomic mass is 15.3. The van der Waals surface area contributed by atoms with Crippen molar-refractivity contribution in [2.24, 2.45) is 27.5 Å². The predicted octanol–water partition coefficient (Wildman–Crippen LogP) is 3.59. The van der Waals surface area contributed by atoms with Crippen molar-refractivity contribution in [2.75, 3.05) is 0 Å². The maximum atomic E-state index is 4.64. The predicted molar refractivity (Wildman–Crippen MR) is 60.8 cm³/mol. The van der Waals surface area contributed by atoms with Crippen LogP contribution in [0.3, 0.4) is 0 Å². The molecule has 1 fully saturated rings. The van der Waals surface area contributed by atoms with Crippen LogP contribution >= 0.6 is 0 Å². The van der Waals surface area contributed by atoms with Crippen LogP contribution in [0.1, 0.15) is 40.5 Å². The van der Waals surface area contributed by atoms with Crippen molar-refractivity contribution >= 4 is 0 Å². The largest absolute Gasteiger partial charge is 0.186 e. The molecule has 0 aromatic rings. The van der Waals surface area contributed by atoms with Crippen molar-refractivity contribution in [3.05, 3.63) is 12.2 Å². The van der Waals surface area contributed by atoms with Crippen LogP contribution in [-0.4, -0.2) is 11.1 Å². The smallest absolute Gasteiger partial charge is 0.0897 e. The van der Waals surface area contributed by atoms with Crippen LogP contribution in [-0.2, 0) is 0 Å². The lowest BCUT2D eigenvalue weighted by Crippen LogP contribution is -2.43. The molecule has 0 amide bonds. The summed E-state index contributed by atoms with van der Waals surface area (Å²) in [4.78, 5) is 0. The first-order valence-electron chi connectivity index (χ1n) is 6.02. The first-order chi connectivity index (χ1) is 6.93. The summed E-state index contributed by atoms with van der Waals surface area (Å²) < 4.78 is 0. The standard InChI is InChI=1S/C13H20N2/c1-11(2)12(3)9-7-5-6-8-10(9)13(11,4)15-14-12/h5-6,9-10H,7-8H2,1-4H3/t9-,10+,12-,13+. The van der Waals surface area contributed by atoms with Crippen LogP contribution in [0.25, 0.3) is 0 Å². The maximum Gasteiger partial charge on any atom is 0.0897 e. The Balaban J connectivity index is 2.18. The van der Waals surface area contributed by atoms with Gasteiger partial charge in [0.2, 0.25) is 0 Å². The number of hydrogen-bond donors (Lipinski definition) is 0. The van der Waals surface area contributed by atoms with E-state index in [1.54, 1.807) is 0 Å². The monoisotopic (exact) mass is 204 g/mol. The van der Waals surface area contributed by atoms with E-state index in [1.807, 2.05) is 0 Å². The Labute approximate surface area is 91.9 Å². The van der Waals surface area contributed by atoms with Crippen LogP contribution in [0.15, 0.2) is 22.4 Å². The van der Waals surface area contributed by atoms with Crippen LogP contribution in [0.4, 0.5) is 0 Å². The van der Waals surface area contributed by atoms with E-state index in [2.05, 4.69) is 50.1 Å². The normalized spacial score (nSPS) is 54.7. The SMILES string of the molecule is CC1(C)[C@@]2(C)N=N[C@]1(C)[C@@H]1CC=CC[C@@H]12. The third kappa shape index (κ3) is 0.765. The Hall–Kier alpha value is -0.660. The number of fused-ring (bicyclic) bond motifs is 5. The highest BCUT2D eigenvalue weighted by molar-refractivity contribution is 5.28. The third-order valence-electron chi connectivity index (χ3n) is 5.87. The van der Waals surface area contributed by atoms with Gasteiger partial charge in [0.05, 0.1) is 11.1 Å². The highest BCUT2D eigenvalue weighted by Gasteiger charge is 2.72. The summed E-state index contributed by atoms with van der Waals surface area (Å²) in [5, 5.41) is 9.27. The van der Waals surface area contributed by atoms with Crippen LogP contribution in [0, 0.1) is 17.3 Å². The molecule has 2 heteroatoms. The average Bonchev–Trinajstić information content (AvgIpc) is 2.47. The second-order valence-corrected chi connectivity index (χ2v) is 6.28. The zero-order valence-corrected chi connectivity index (χ0v) is 10.1. The summed E-state index contributed by atoms with van der Waals surface area (Å²) in [7, 11) is 0. The van der Waals surface area contributed by atoms with E-state index in [4.69, 9.17) is 0 Å². The first kappa shape index (κ1) is 9.56. The van der Waals surface area contributed by atoms with E-state index >= 15 is 0 Å². The zero-order valence-electron chi connectivity index (χ0n) is 10.1. The molecule has 0 aromatic heterocycles. The molecule has 0 aromatic carbocycles. The molecule has 4 atom stereocenters. The van der Waals surface area contributed by atoms with Crippen molar-refractivity contribution in [2.45, 2.75) is 51.6 Å². The summed E-state index contributed by atoms with van der Waals surface area (Å²) >= 11 is 0. The van der Waals surface area contributed by atoms with Crippen molar-refractivity contribution in [1.29, 1.82) is 0 Å².